The topological polar surface area (TPSA) is 24.9 Å². The molecule has 0 aliphatic heterocycles. The van der Waals surface area contributed by atoms with Gasteiger partial charge in [0.2, 0.25) is 0 Å². The number of fused-ring (bicyclic) bond motifs is 1. The van der Waals surface area contributed by atoms with Crippen molar-refractivity contribution < 1.29 is 4.39 Å². The highest BCUT2D eigenvalue weighted by molar-refractivity contribution is 7.22. The van der Waals surface area contributed by atoms with E-state index in [1.54, 1.807) is 18.2 Å². The van der Waals surface area contributed by atoms with Crippen LogP contribution in [0.4, 0.5) is 15.2 Å². The Labute approximate surface area is 122 Å². The number of rotatable bonds is 2. The van der Waals surface area contributed by atoms with E-state index in [1.807, 2.05) is 12.1 Å². The molecule has 0 radical (unpaired) electrons. The maximum absolute atomic E-state index is 13.8. The Kier molecular flexibility index (Phi) is 3.31. The summed E-state index contributed by atoms with van der Waals surface area (Å²) in [6, 6.07) is 10.2. The average Bonchev–Trinajstić information content (AvgIpc) is 2.76. The number of aromatic nitrogens is 1. The van der Waals surface area contributed by atoms with Crippen molar-refractivity contribution in [3.8, 4) is 0 Å². The van der Waals surface area contributed by atoms with Crippen LogP contribution in [0, 0.1) is 5.82 Å². The molecule has 1 heterocycles. The van der Waals surface area contributed by atoms with Gasteiger partial charge >= 0.3 is 0 Å². The molecule has 6 heteroatoms. The van der Waals surface area contributed by atoms with Crippen molar-refractivity contribution in [2.75, 3.05) is 5.32 Å². The summed E-state index contributed by atoms with van der Waals surface area (Å²) in [5.41, 5.74) is 1.12. The molecule has 0 unspecified atom stereocenters. The van der Waals surface area contributed by atoms with Gasteiger partial charge in [-0.1, -0.05) is 40.6 Å². The van der Waals surface area contributed by atoms with E-state index in [-0.39, 0.29) is 5.02 Å². The minimum atomic E-state index is -0.485. The number of nitrogens with one attached hydrogen (secondary N) is 1. The lowest BCUT2D eigenvalue weighted by Gasteiger charge is -2.04. The first kappa shape index (κ1) is 12.7. The first-order valence-corrected chi connectivity index (χ1v) is 6.98. The fourth-order valence-electron chi connectivity index (χ4n) is 1.67. The molecule has 2 nitrogen and oxygen atoms in total. The van der Waals surface area contributed by atoms with Gasteiger partial charge in [0.1, 0.15) is 0 Å². The first-order chi connectivity index (χ1) is 9.13. The van der Waals surface area contributed by atoms with Crippen LogP contribution in [0.2, 0.25) is 10.0 Å². The lowest BCUT2D eigenvalue weighted by atomic mass is 10.3. The Morgan fingerprint density at radius 1 is 1.16 bits per heavy atom. The van der Waals surface area contributed by atoms with Crippen LogP contribution in [-0.4, -0.2) is 4.98 Å². The summed E-state index contributed by atoms with van der Waals surface area (Å²) in [5, 5.41) is 4.25. The van der Waals surface area contributed by atoms with Gasteiger partial charge in [-0.25, -0.2) is 9.37 Å². The van der Waals surface area contributed by atoms with Gasteiger partial charge in [0.15, 0.2) is 10.9 Å². The largest absolute Gasteiger partial charge is 0.329 e. The van der Waals surface area contributed by atoms with Crippen LogP contribution in [0.25, 0.3) is 10.2 Å². The first-order valence-electron chi connectivity index (χ1n) is 5.40. The van der Waals surface area contributed by atoms with E-state index < -0.39 is 5.82 Å². The fraction of sp³-hybridized carbons (Fsp3) is 0. The van der Waals surface area contributed by atoms with Crippen molar-refractivity contribution in [2.24, 2.45) is 0 Å². The Morgan fingerprint density at radius 2 is 2.00 bits per heavy atom. The summed E-state index contributed by atoms with van der Waals surface area (Å²) in [4.78, 5) is 4.36. The summed E-state index contributed by atoms with van der Waals surface area (Å²) in [6.45, 7) is 0. The summed E-state index contributed by atoms with van der Waals surface area (Å²) in [7, 11) is 0. The third-order valence-corrected chi connectivity index (χ3v) is 4.00. The number of halogens is 3. The quantitative estimate of drug-likeness (QED) is 0.677. The zero-order valence-electron chi connectivity index (χ0n) is 9.45. The molecule has 0 saturated carbocycles. The second-order valence-electron chi connectivity index (χ2n) is 3.86. The highest BCUT2D eigenvalue weighted by Crippen LogP contribution is 2.32. The fourth-order valence-corrected chi connectivity index (χ4v) is 3.00. The second kappa shape index (κ2) is 4.96. The van der Waals surface area contributed by atoms with Crippen molar-refractivity contribution in [3.63, 3.8) is 0 Å². The molecule has 0 atom stereocenters. The number of hydrogen-bond donors (Lipinski definition) is 1. The Balaban J connectivity index is 1.99. The molecule has 3 rings (SSSR count). The van der Waals surface area contributed by atoms with Crippen LogP contribution >= 0.6 is 34.5 Å². The van der Waals surface area contributed by atoms with Gasteiger partial charge in [-0.15, -0.1) is 0 Å². The van der Waals surface area contributed by atoms with Gasteiger partial charge in [0, 0.05) is 5.02 Å². The molecule has 0 fully saturated rings. The molecule has 0 amide bonds. The number of thiazole rings is 1. The third-order valence-electron chi connectivity index (χ3n) is 2.54. The molecule has 0 spiro atoms. The van der Waals surface area contributed by atoms with Crippen molar-refractivity contribution in [1.29, 1.82) is 0 Å². The van der Waals surface area contributed by atoms with Crippen LogP contribution in [-0.2, 0) is 0 Å². The maximum Gasteiger partial charge on any atom is 0.188 e. The van der Waals surface area contributed by atoms with Gasteiger partial charge in [-0.3, -0.25) is 0 Å². The molecule has 1 N–H and O–H groups in total. The lowest BCUT2D eigenvalue weighted by Crippen LogP contribution is -1.93. The molecular weight excluding hydrogens is 306 g/mol. The van der Waals surface area contributed by atoms with Crippen LogP contribution in [0.1, 0.15) is 0 Å². The maximum atomic E-state index is 13.8. The smallest absolute Gasteiger partial charge is 0.188 e. The zero-order valence-corrected chi connectivity index (χ0v) is 11.8. The number of nitrogens with zero attached hydrogens (tertiary/aromatic N) is 1. The van der Waals surface area contributed by atoms with Gasteiger partial charge in [0.25, 0.3) is 0 Å². The summed E-state index contributed by atoms with van der Waals surface area (Å²) in [5.74, 6) is -0.485. The van der Waals surface area contributed by atoms with E-state index in [4.69, 9.17) is 23.2 Å². The zero-order chi connectivity index (χ0) is 13.4. The van der Waals surface area contributed by atoms with E-state index in [1.165, 1.54) is 17.4 Å². The summed E-state index contributed by atoms with van der Waals surface area (Å²) in [6.07, 6.45) is 0. The molecular formula is C13H7Cl2FN2S. The monoisotopic (exact) mass is 312 g/mol. The predicted octanol–water partition coefficient (Wildman–Crippen LogP) is 5.49. The SMILES string of the molecule is Fc1c(Cl)cccc1Nc1nc2ccc(Cl)cc2s1. The van der Waals surface area contributed by atoms with Gasteiger partial charge < -0.3 is 5.32 Å². The van der Waals surface area contributed by atoms with Crippen LogP contribution in [0.5, 0.6) is 0 Å². The van der Waals surface area contributed by atoms with E-state index in [9.17, 15) is 4.39 Å². The molecule has 0 saturated heterocycles. The number of benzene rings is 2. The minimum Gasteiger partial charge on any atom is -0.329 e. The molecule has 0 aliphatic carbocycles. The van der Waals surface area contributed by atoms with E-state index in [0.29, 0.717) is 15.8 Å². The van der Waals surface area contributed by atoms with E-state index in [2.05, 4.69) is 10.3 Å². The molecule has 96 valence electrons. The molecule has 1 aromatic heterocycles. The Hall–Kier alpha value is -1.36. The number of hydrogen-bond acceptors (Lipinski definition) is 3. The van der Waals surface area contributed by atoms with Gasteiger partial charge in [-0.05, 0) is 30.3 Å². The standard InChI is InChI=1S/C13H7Cl2FN2S/c14-7-4-5-9-11(6-7)19-13(17-9)18-10-3-1-2-8(15)12(10)16/h1-6H,(H,17,18). The molecule has 19 heavy (non-hydrogen) atoms. The molecule has 0 bridgehead atoms. The van der Waals surface area contributed by atoms with Crippen molar-refractivity contribution in [3.05, 3.63) is 52.3 Å². The normalized spacial score (nSPS) is 10.9. The van der Waals surface area contributed by atoms with Crippen molar-refractivity contribution in [1.82, 2.24) is 4.98 Å². The van der Waals surface area contributed by atoms with Crippen LogP contribution in [0.3, 0.4) is 0 Å². The Morgan fingerprint density at radius 3 is 2.84 bits per heavy atom. The molecule has 3 aromatic rings. The second-order valence-corrected chi connectivity index (χ2v) is 5.73. The van der Waals surface area contributed by atoms with Crippen LogP contribution < -0.4 is 5.32 Å². The van der Waals surface area contributed by atoms with Gasteiger partial charge in [-0.2, -0.15) is 0 Å². The highest BCUT2D eigenvalue weighted by Gasteiger charge is 2.09. The van der Waals surface area contributed by atoms with Crippen LogP contribution in [0.15, 0.2) is 36.4 Å². The van der Waals surface area contributed by atoms with Gasteiger partial charge in [0.05, 0.1) is 20.9 Å². The molecule has 0 aliphatic rings. The van der Waals surface area contributed by atoms with Crippen molar-refractivity contribution in [2.45, 2.75) is 0 Å². The Bertz CT molecular complexity index is 757. The third kappa shape index (κ3) is 2.52. The average molecular weight is 313 g/mol. The summed E-state index contributed by atoms with van der Waals surface area (Å²) >= 11 is 13.0. The lowest BCUT2D eigenvalue weighted by molar-refractivity contribution is 0.632. The summed E-state index contributed by atoms with van der Waals surface area (Å²) < 4.78 is 14.7. The highest BCUT2D eigenvalue weighted by atomic mass is 35.5. The van der Waals surface area contributed by atoms with Crippen molar-refractivity contribution >= 4 is 55.6 Å². The minimum absolute atomic E-state index is 0.0779. The van der Waals surface area contributed by atoms with E-state index in [0.717, 1.165) is 10.2 Å². The number of anilines is 2. The molecule has 2 aromatic carbocycles. The predicted molar refractivity (Wildman–Crippen MR) is 79.3 cm³/mol. The van der Waals surface area contributed by atoms with E-state index >= 15 is 0 Å².